The van der Waals surface area contributed by atoms with Gasteiger partial charge in [-0.25, -0.2) is 9.97 Å². The van der Waals surface area contributed by atoms with Gasteiger partial charge >= 0.3 is 0 Å². The van der Waals surface area contributed by atoms with E-state index in [-0.39, 0.29) is 0 Å². The third-order valence-corrected chi connectivity index (χ3v) is 13.9. The van der Waals surface area contributed by atoms with Crippen molar-refractivity contribution in [1.29, 1.82) is 0 Å². The first-order valence-corrected chi connectivity index (χ1v) is 20.3. The molecule has 0 bridgehead atoms. The van der Waals surface area contributed by atoms with Gasteiger partial charge in [0.15, 0.2) is 5.82 Å². The van der Waals surface area contributed by atoms with Crippen LogP contribution in [-0.4, -0.2) is 9.97 Å². The predicted molar refractivity (Wildman–Crippen MR) is 230 cm³/mol. The number of hydrogen-bond donors (Lipinski definition) is 0. The van der Waals surface area contributed by atoms with E-state index < -0.39 is 5.41 Å². The Morgan fingerprint density at radius 1 is 0.400 bits per heavy atom. The van der Waals surface area contributed by atoms with Crippen LogP contribution in [0.2, 0.25) is 0 Å². The number of nitrogens with zero attached hydrogens (tertiary/aromatic N) is 2. The molecule has 12 rings (SSSR count). The zero-order valence-electron chi connectivity index (χ0n) is 29.5. The molecule has 0 amide bonds. The molecule has 2 aromatic heterocycles. The van der Waals surface area contributed by atoms with Crippen LogP contribution < -0.4 is 0 Å². The summed E-state index contributed by atoms with van der Waals surface area (Å²) in [6.45, 7) is 0. The van der Waals surface area contributed by atoms with Gasteiger partial charge in [0, 0.05) is 46.7 Å². The molecule has 1 aliphatic heterocycles. The number of benzene rings is 8. The normalized spacial score (nSPS) is 15.3. The topological polar surface area (TPSA) is 25.8 Å². The molecule has 2 nitrogen and oxygen atoms in total. The van der Waals surface area contributed by atoms with Gasteiger partial charge in [-0.1, -0.05) is 163 Å². The molecule has 0 N–H and O–H groups in total. The Hall–Kier alpha value is -6.33. The summed E-state index contributed by atoms with van der Waals surface area (Å²) in [6, 6.07) is 66.5. The van der Waals surface area contributed by atoms with Gasteiger partial charge in [-0.3, -0.25) is 0 Å². The van der Waals surface area contributed by atoms with Crippen LogP contribution in [0.4, 0.5) is 0 Å². The highest BCUT2D eigenvalue weighted by Crippen LogP contribution is 2.63. The van der Waals surface area contributed by atoms with Crippen molar-refractivity contribution in [3.8, 4) is 45.0 Å². The summed E-state index contributed by atoms with van der Waals surface area (Å²) in [4.78, 5) is 13.3. The van der Waals surface area contributed by atoms with Gasteiger partial charge in [-0.05, 0) is 74.5 Å². The molecule has 256 valence electrons. The van der Waals surface area contributed by atoms with E-state index in [0.29, 0.717) is 0 Å². The number of thiophene rings is 1. The molecule has 10 aromatic rings. The van der Waals surface area contributed by atoms with E-state index >= 15 is 0 Å². The second-order valence-corrected chi connectivity index (χ2v) is 16.6. The molecule has 3 heterocycles. The van der Waals surface area contributed by atoms with Crippen molar-refractivity contribution in [2.45, 2.75) is 15.2 Å². The van der Waals surface area contributed by atoms with Crippen molar-refractivity contribution in [2.24, 2.45) is 0 Å². The minimum atomic E-state index is -0.505. The Morgan fingerprint density at radius 3 is 2.00 bits per heavy atom. The zero-order chi connectivity index (χ0) is 36.1. The molecular weight excluding hydrogens is 705 g/mol. The van der Waals surface area contributed by atoms with Gasteiger partial charge in [-0.15, -0.1) is 11.3 Å². The molecule has 2 aliphatic rings. The summed E-state index contributed by atoms with van der Waals surface area (Å²) in [7, 11) is 0. The molecule has 8 aromatic carbocycles. The molecule has 0 saturated heterocycles. The summed E-state index contributed by atoms with van der Waals surface area (Å²) in [5.41, 5.74) is 12.3. The fourth-order valence-corrected chi connectivity index (χ4v) is 11.6. The Balaban J connectivity index is 1.11. The fourth-order valence-electron chi connectivity index (χ4n) is 9.13. The molecular formula is C51H30N2S2. The lowest BCUT2D eigenvalue weighted by atomic mass is 9.67. The maximum atomic E-state index is 5.39. The maximum absolute atomic E-state index is 5.39. The van der Waals surface area contributed by atoms with Crippen LogP contribution in [0.15, 0.2) is 192 Å². The van der Waals surface area contributed by atoms with E-state index in [0.717, 1.165) is 33.9 Å². The van der Waals surface area contributed by atoms with Gasteiger partial charge in [0.1, 0.15) is 0 Å². The van der Waals surface area contributed by atoms with Crippen LogP contribution in [0.5, 0.6) is 0 Å². The summed E-state index contributed by atoms with van der Waals surface area (Å²) >= 11 is 3.74. The fraction of sp³-hybridized carbons (Fsp3) is 0.0196. The third kappa shape index (κ3) is 4.50. The summed E-state index contributed by atoms with van der Waals surface area (Å²) in [6.07, 6.45) is 0. The van der Waals surface area contributed by atoms with E-state index in [2.05, 4.69) is 182 Å². The van der Waals surface area contributed by atoms with Gasteiger partial charge in [-0.2, -0.15) is 0 Å². The van der Waals surface area contributed by atoms with E-state index in [4.69, 9.17) is 9.97 Å². The van der Waals surface area contributed by atoms with Gasteiger partial charge in [0.25, 0.3) is 0 Å². The maximum Gasteiger partial charge on any atom is 0.160 e. The molecule has 1 spiro atoms. The minimum absolute atomic E-state index is 0.505. The molecule has 0 fully saturated rings. The standard InChI is InChI=1S/C51H30N2S2/c1-2-13-32(14-3-1)44-30-45(33-22-26-39-38-17-7-10-20-46(38)54-48(39)29-33)53-50(52-44)34-23-25-37-36-16-6-8-18-40(36)51(43(37)28-34)41-19-9-11-21-47(41)55-49-35-15-5-4-12-31(35)24-27-42(49)51/h1-30H. The Morgan fingerprint density at radius 2 is 1.09 bits per heavy atom. The van der Waals surface area contributed by atoms with Crippen LogP contribution in [0.3, 0.4) is 0 Å². The summed E-state index contributed by atoms with van der Waals surface area (Å²) in [5, 5.41) is 5.13. The molecule has 1 aliphatic carbocycles. The van der Waals surface area contributed by atoms with E-state index in [1.807, 2.05) is 23.1 Å². The Kier molecular flexibility index (Phi) is 6.68. The molecule has 1 unspecified atom stereocenters. The highest BCUT2D eigenvalue weighted by atomic mass is 32.2. The van der Waals surface area contributed by atoms with Crippen molar-refractivity contribution in [2.75, 3.05) is 0 Å². The van der Waals surface area contributed by atoms with Crippen LogP contribution in [-0.2, 0) is 5.41 Å². The Bertz CT molecular complexity index is 3200. The molecule has 4 heteroatoms. The average Bonchev–Trinajstić information content (AvgIpc) is 3.77. The number of hydrogen-bond acceptors (Lipinski definition) is 4. The molecule has 55 heavy (non-hydrogen) atoms. The van der Waals surface area contributed by atoms with Crippen LogP contribution in [0.25, 0.3) is 76.0 Å². The smallest absolute Gasteiger partial charge is 0.160 e. The lowest BCUT2D eigenvalue weighted by molar-refractivity contribution is 0.726. The third-order valence-electron chi connectivity index (χ3n) is 11.6. The lowest BCUT2D eigenvalue weighted by Crippen LogP contribution is -2.32. The second-order valence-electron chi connectivity index (χ2n) is 14.5. The number of fused-ring (bicyclic) bond motifs is 14. The highest BCUT2D eigenvalue weighted by molar-refractivity contribution is 7.99. The van der Waals surface area contributed by atoms with Crippen LogP contribution in [0.1, 0.15) is 22.3 Å². The zero-order valence-corrected chi connectivity index (χ0v) is 31.2. The summed E-state index contributed by atoms with van der Waals surface area (Å²) < 4.78 is 2.56. The van der Waals surface area contributed by atoms with Crippen LogP contribution in [0, 0.1) is 0 Å². The second kappa shape index (κ2) is 11.8. The van der Waals surface area contributed by atoms with Gasteiger partial charge in [0.2, 0.25) is 0 Å². The summed E-state index contributed by atoms with van der Waals surface area (Å²) in [5.74, 6) is 0.721. The lowest BCUT2D eigenvalue weighted by Gasteiger charge is -2.40. The first-order chi connectivity index (χ1) is 27.2. The van der Waals surface area contributed by atoms with Crippen molar-refractivity contribution in [3.05, 3.63) is 204 Å². The Labute approximate surface area is 326 Å². The molecule has 0 saturated carbocycles. The molecule has 1 atom stereocenters. The molecule has 0 radical (unpaired) electrons. The van der Waals surface area contributed by atoms with Crippen LogP contribution >= 0.6 is 23.1 Å². The van der Waals surface area contributed by atoms with Crippen molar-refractivity contribution in [3.63, 3.8) is 0 Å². The van der Waals surface area contributed by atoms with Gasteiger partial charge in [0.05, 0.1) is 16.8 Å². The largest absolute Gasteiger partial charge is 0.228 e. The van der Waals surface area contributed by atoms with E-state index in [9.17, 15) is 0 Å². The predicted octanol–water partition coefficient (Wildman–Crippen LogP) is 13.8. The number of rotatable bonds is 3. The first-order valence-electron chi connectivity index (χ1n) is 18.6. The van der Waals surface area contributed by atoms with E-state index in [1.54, 1.807) is 0 Å². The monoisotopic (exact) mass is 734 g/mol. The SMILES string of the molecule is c1ccc(-c2cc(-c3ccc4c(c3)sc3ccccc34)nc(-c3ccc4c(c3)C3(c5ccccc5Sc5c3ccc3ccccc53)c3ccccc3-4)n2)cc1. The quantitative estimate of drug-likeness (QED) is 0.181. The van der Waals surface area contributed by atoms with Crippen molar-refractivity contribution >= 4 is 54.0 Å². The highest BCUT2D eigenvalue weighted by Gasteiger charge is 2.50. The van der Waals surface area contributed by atoms with Gasteiger partial charge < -0.3 is 0 Å². The minimum Gasteiger partial charge on any atom is -0.228 e. The van der Waals surface area contributed by atoms with Crippen molar-refractivity contribution in [1.82, 2.24) is 9.97 Å². The average molecular weight is 735 g/mol. The number of aromatic nitrogens is 2. The van der Waals surface area contributed by atoms with E-state index in [1.165, 1.54) is 74.1 Å². The van der Waals surface area contributed by atoms with Crippen molar-refractivity contribution < 1.29 is 0 Å². The first kappa shape index (κ1) is 31.1.